The Morgan fingerprint density at radius 2 is 1.55 bits per heavy atom. The van der Waals surface area contributed by atoms with Crippen LogP contribution < -0.4 is 15.0 Å². The van der Waals surface area contributed by atoms with E-state index in [-0.39, 0.29) is 15.7 Å². The maximum atomic E-state index is 12.9. The molecule has 360 valence electrons. The molecule has 1 amide bonds. The smallest absolute Gasteiger partial charge is 0.294 e. The molecule has 2 aliphatic heterocycles. The number of hydrogen-bond donors (Lipinski definition) is 5. The summed E-state index contributed by atoms with van der Waals surface area (Å²) in [6.07, 6.45) is 26.0. The highest BCUT2D eigenvalue weighted by Crippen LogP contribution is 2.49. The van der Waals surface area contributed by atoms with Crippen LogP contribution in [0.25, 0.3) is 11.2 Å². The first-order valence-electron chi connectivity index (χ1n) is 23.0. The normalized spacial score (nSPS) is 16.9. The zero-order chi connectivity index (χ0) is 49.0. The van der Waals surface area contributed by atoms with Gasteiger partial charge in [0, 0.05) is 60.4 Å². The van der Waals surface area contributed by atoms with Gasteiger partial charge in [0.25, 0.3) is 26.1 Å². The molecule has 8 rings (SSSR count). The highest BCUT2D eigenvalue weighted by molar-refractivity contribution is 7.86. The molecule has 0 fully saturated rings. The fraction of sp³-hybridized carbons (Fsp3) is 0.308. The summed E-state index contributed by atoms with van der Waals surface area (Å²) in [5.74, 6) is 0.411. The monoisotopic (exact) mass is 972 g/mol. The third-order valence-electron chi connectivity index (χ3n) is 13.0. The van der Waals surface area contributed by atoms with Crippen LogP contribution in [0.1, 0.15) is 88.5 Å². The summed E-state index contributed by atoms with van der Waals surface area (Å²) in [5.41, 5.74) is 8.26. The van der Waals surface area contributed by atoms with E-state index >= 15 is 0 Å². The van der Waals surface area contributed by atoms with Crippen molar-refractivity contribution in [2.45, 2.75) is 100.0 Å². The molecule has 0 bridgehead atoms. The van der Waals surface area contributed by atoms with Crippen molar-refractivity contribution in [3.63, 3.8) is 0 Å². The van der Waals surface area contributed by atoms with Crippen molar-refractivity contribution in [2.24, 2.45) is 0 Å². The van der Waals surface area contributed by atoms with Crippen molar-refractivity contribution in [1.82, 2.24) is 25.5 Å². The molecule has 3 aliphatic rings. The molecule has 5 N–H and O–H groups in total. The maximum Gasteiger partial charge on any atom is 0.294 e. The minimum absolute atomic E-state index is 0.0401. The van der Waals surface area contributed by atoms with E-state index in [9.17, 15) is 30.7 Å². The number of rotatable bonds is 19. The average Bonchev–Trinajstić information content (AvgIpc) is 4.02. The minimum Gasteiger partial charge on any atom is -0.470 e. The van der Waals surface area contributed by atoms with E-state index in [0.717, 1.165) is 70.7 Å². The van der Waals surface area contributed by atoms with Gasteiger partial charge in [0.1, 0.15) is 18.7 Å². The summed E-state index contributed by atoms with van der Waals surface area (Å²) < 4.78 is 77.2. The predicted octanol–water partition coefficient (Wildman–Crippen LogP) is 9.24. The Bertz CT molecular complexity index is 3210. The molecule has 0 atom stereocenters. The number of carbonyl (C=O) groups is 1. The number of ether oxygens (including phenoxy) is 1. The zero-order valence-electron chi connectivity index (χ0n) is 39.1. The van der Waals surface area contributed by atoms with Gasteiger partial charge in [0.05, 0.1) is 21.5 Å². The van der Waals surface area contributed by atoms with Gasteiger partial charge in [-0.3, -0.25) is 19.0 Å². The van der Waals surface area contributed by atoms with Crippen LogP contribution in [0.4, 0.5) is 11.4 Å². The first kappa shape index (κ1) is 48.8. The van der Waals surface area contributed by atoms with Gasteiger partial charge in [-0.25, -0.2) is 4.98 Å². The highest BCUT2D eigenvalue weighted by atomic mass is 32.2. The Morgan fingerprint density at radius 3 is 2.32 bits per heavy atom. The molecule has 0 unspecified atom stereocenters. The van der Waals surface area contributed by atoms with E-state index in [4.69, 9.17) is 4.74 Å². The number of nitrogens with zero attached hydrogens (tertiary/aromatic N) is 4. The van der Waals surface area contributed by atoms with Crippen LogP contribution in [0.15, 0.2) is 149 Å². The number of hydrogen-bond acceptors (Lipinski definition) is 9. The molecule has 2 aromatic heterocycles. The molecule has 0 saturated heterocycles. The molecule has 1 aliphatic carbocycles. The molecule has 69 heavy (non-hydrogen) atoms. The van der Waals surface area contributed by atoms with Gasteiger partial charge in [-0.2, -0.15) is 21.4 Å². The quantitative estimate of drug-likeness (QED) is 0.0299. The van der Waals surface area contributed by atoms with Crippen LogP contribution in [0.2, 0.25) is 0 Å². The summed E-state index contributed by atoms with van der Waals surface area (Å²) in [7, 11) is -8.90. The Balaban J connectivity index is 0.947. The lowest BCUT2D eigenvalue weighted by Crippen LogP contribution is -2.28. The van der Waals surface area contributed by atoms with Crippen LogP contribution in [0, 0.1) is 0 Å². The van der Waals surface area contributed by atoms with E-state index in [1.807, 2.05) is 101 Å². The number of benzene rings is 3. The molecule has 17 heteroatoms. The van der Waals surface area contributed by atoms with Gasteiger partial charge in [-0.15, -0.1) is 5.10 Å². The second-order valence-corrected chi connectivity index (χ2v) is 21.3. The fourth-order valence-corrected chi connectivity index (χ4v) is 10.3. The maximum absolute atomic E-state index is 12.9. The largest absolute Gasteiger partial charge is 0.470 e. The Morgan fingerprint density at radius 1 is 0.841 bits per heavy atom. The van der Waals surface area contributed by atoms with Gasteiger partial charge in [-0.1, -0.05) is 93.1 Å². The summed E-state index contributed by atoms with van der Waals surface area (Å²) in [5, 5.41) is 9.98. The second-order valence-electron chi connectivity index (χ2n) is 18.5. The summed E-state index contributed by atoms with van der Waals surface area (Å²) in [4.78, 5) is 21.9. The lowest BCUT2D eigenvalue weighted by Gasteiger charge is -2.27. The highest BCUT2D eigenvalue weighted by Gasteiger charge is 2.45. The Kier molecular flexibility index (Phi) is 14.2. The number of unbranched alkanes of at least 4 members (excludes halogenated alkanes) is 2. The van der Waals surface area contributed by atoms with Gasteiger partial charge in [-0.05, 0) is 91.8 Å². The van der Waals surface area contributed by atoms with Crippen molar-refractivity contribution in [2.75, 3.05) is 18.0 Å². The number of fused-ring (bicyclic) bond motifs is 3. The van der Waals surface area contributed by atoms with E-state index in [1.165, 1.54) is 17.7 Å². The second kappa shape index (κ2) is 20.1. The number of allylic oxidation sites excluding steroid dienone is 12. The van der Waals surface area contributed by atoms with Crippen molar-refractivity contribution in [3.05, 3.63) is 161 Å². The number of amides is 1. The third kappa shape index (κ3) is 11.0. The van der Waals surface area contributed by atoms with Crippen LogP contribution in [0.3, 0.4) is 0 Å². The molecule has 5 aromatic rings. The molecular weight excluding hydrogens is 915 g/mol. The van der Waals surface area contributed by atoms with Crippen LogP contribution >= 0.6 is 0 Å². The number of anilines is 1. The van der Waals surface area contributed by atoms with E-state index in [1.54, 1.807) is 30.6 Å². The first-order chi connectivity index (χ1) is 32.9. The molecule has 0 spiro atoms. The molecule has 4 heterocycles. The van der Waals surface area contributed by atoms with Crippen molar-refractivity contribution in [3.8, 4) is 5.88 Å². The zero-order valence-corrected chi connectivity index (χ0v) is 40.8. The summed E-state index contributed by atoms with van der Waals surface area (Å²) in [6.45, 7) is 10.1. The van der Waals surface area contributed by atoms with E-state index in [0.29, 0.717) is 56.1 Å². The summed E-state index contributed by atoms with van der Waals surface area (Å²) >= 11 is 0. The topological polar surface area (TPSA) is 211 Å². The summed E-state index contributed by atoms with van der Waals surface area (Å²) in [6, 6.07) is 17.3. The number of imidazole rings is 1. The predicted molar refractivity (Wildman–Crippen MR) is 267 cm³/mol. The molecular formula is C52H58N7O8S2+. The lowest BCUT2D eigenvalue weighted by atomic mass is 9.81. The fourth-order valence-electron chi connectivity index (χ4n) is 9.29. The SMILES string of the molecule is CC1(C)C(=CC=CC2=[N+](CCCC3=CC=CC=CC=C3)c3ccc(S(=O)(=O)O)cc3C2(C)C)N(CCCCCC(=O)NCc2ccc(COc3n[nH]c4nc[nH]c34)cc2)c2ccc(S(=O)(=O)O)cc21. The molecule has 3 aromatic carbocycles. The number of carbonyl (C=O) groups excluding carboxylic acids is 1. The van der Waals surface area contributed by atoms with E-state index < -0.39 is 31.1 Å². The molecule has 0 radical (unpaired) electrons. The Labute approximate surface area is 403 Å². The van der Waals surface area contributed by atoms with Crippen molar-refractivity contribution >= 4 is 54.4 Å². The number of H-pyrrole nitrogens is 2. The van der Waals surface area contributed by atoms with Gasteiger partial charge in [0.2, 0.25) is 11.6 Å². The Hall–Kier alpha value is -6.66. The first-order valence-corrected chi connectivity index (χ1v) is 25.9. The number of aromatic nitrogens is 4. The van der Waals surface area contributed by atoms with E-state index in [2.05, 4.69) is 47.1 Å². The lowest BCUT2D eigenvalue weighted by molar-refractivity contribution is -0.438. The van der Waals surface area contributed by atoms with Crippen LogP contribution in [-0.2, 0) is 49.0 Å². The third-order valence-corrected chi connectivity index (χ3v) is 14.7. The molecule has 0 saturated carbocycles. The van der Waals surface area contributed by atoms with Gasteiger partial charge < -0.3 is 19.9 Å². The number of aromatic amines is 2. The van der Waals surface area contributed by atoms with Crippen LogP contribution in [-0.4, -0.2) is 75.4 Å². The standard InChI is InChI=1S/C52H57N7O8S2/c1-51(2)41-31-39(68(61,62)63)25-27-43(41)58(29-12-8-11-20-47(60)53-33-37-21-23-38(24-22-37)34-67-50-48-49(56-57-50)55-35-54-48)45(51)18-13-19-46-52(3,4)42-32-40(69(64,65)66)26-28-44(42)59(46)30-14-17-36-15-9-6-5-7-10-16-36/h5-7,9-10,13,15-16,18-19,21-28,31-32,35H,8,11-12,14,17,20,29-30,33-34H2,1-4H3,(H4-,53,54,55,56,57,60,61,62,63,64,65,66)/p+1. The minimum atomic E-state index is -4.46. The van der Waals surface area contributed by atoms with Gasteiger partial charge in [0.15, 0.2) is 11.4 Å². The van der Waals surface area contributed by atoms with Crippen LogP contribution in [0.5, 0.6) is 5.88 Å². The van der Waals surface area contributed by atoms with Gasteiger partial charge >= 0.3 is 0 Å². The molecule has 15 nitrogen and oxygen atoms in total. The van der Waals surface area contributed by atoms with Crippen molar-refractivity contribution < 1.29 is 40.0 Å². The average molecular weight is 973 g/mol. The van der Waals surface area contributed by atoms with Crippen molar-refractivity contribution in [1.29, 1.82) is 0 Å². The number of nitrogens with one attached hydrogen (secondary N) is 3.